The van der Waals surface area contributed by atoms with E-state index < -0.39 is 0 Å². The number of nitrogens with zero attached hydrogens (tertiary/aromatic N) is 3. The maximum Gasteiger partial charge on any atom is 0.213 e. The Morgan fingerprint density at radius 2 is 2.04 bits per heavy atom. The van der Waals surface area contributed by atoms with Gasteiger partial charge >= 0.3 is 0 Å². The van der Waals surface area contributed by atoms with Gasteiger partial charge in [-0.15, -0.1) is 35.3 Å². The fraction of sp³-hybridized carbons (Fsp3) is 0.500. The molecule has 0 atom stereocenters. The topological polar surface area (TPSA) is 80.7 Å². The van der Waals surface area contributed by atoms with Crippen molar-refractivity contribution in [3.05, 3.63) is 39.5 Å². The lowest BCUT2D eigenvalue weighted by atomic mass is 10.3. The molecule has 0 radical (unpaired) electrons. The predicted octanol–water partition coefficient (Wildman–Crippen LogP) is 3.05. The van der Waals surface area contributed by atoms with Crippen LogP contribution in [-0.4, -0.2) is 42.8 Å². The standard InChI is InChI=1S/C18H27N5O2S.HI/c1-5-19-18(22-12-17-23-13(2)14(3)26-17)21-11-15-6-7-16(20-10-15)25-9-8-24-4;/h6-7,10H,5,8-9,11-12H2,1-4H3,(H2,19,21,22);1H. The molecule has 9 heteroatoms. The van der Waals surface area contributed by atoms with Gasteiger partial charge in [-0.05, 0) is 26.3 Å². The Kier molecular flexibility index (Phi) is 11.2. The van der Waals surface area contributed by atoms with E-state index in [0.717, 1.165) is 28.8 Å². The molecule has 0 spiro atoms. The number of hydrogen-bond donors (Lipinski definition) is 2. The van der Waals surface area contributed by atoms with Gasteiger partial charge in [0.05, 0.1) is 25.4 Å². The van der Waals surface area contributed by atoms with Crippen molar-refractivity contribution in [3.63, 3.8) is 0 Å². The first kappa shape index (κ1) is 23.6. The molecule has 0 aliphatic heterocycles. The van der Waals surface area contributed by atoms with Crippen LogP contribution in [0.3, 0.4) is 0 Å². The second-order valence-electron chi connectivity index (χ2n) is 5.64. The normalized spacial score (nSPS) is 11.0. The fourth-order valence-corrected chi connectivity index (χ4v) is 2.98. The Morgan fingerprint density at radius 3 is 2.63 bits per heavy atom. The van der Waals surface area contributed by atoms with E-state index >= 15 is 0 Å². The first-order valence-electron chi connectivity index (χ1n) is 8.64. The Labute approximate surface area is 182 Å². The number of ether oxygens (including phenoxy) is 2. The summed E-state index contributed by atoms with van der Waals surface area (Å²) < 4.78 is 10.4. The van der Waals surface area contributed by atoms with Crippen molar-refractivity contribution in [2.45, 2.75) is 33.9 Å². The van der Waals surface area contributed by atoms with E-state index in [9.17, 15) is 0 Å². The molecule has 7 nitrogen and oxygen atoms in total. The average molecular weight is 505 g/mol. The average Bonchev–Trinajstić information content (AvgIpc) is 2.96. The summed E-state index contributed by atoms with van der Waals surface area (Å²) in [4.78, 5) is 14.7. The minimum absolute atomic E-state index is 0. The summed E-state index contributed by atoms with van der Waals surface area (Å²) in [5.74, 6) is 1.35. The molecule has 0 fully saturated rings. The lowest BCUT2D eigenvalue weighted by molar-refractivity contribution is 0.143. The van der Waals surface area contributed by atoms with Crippen LogP contribution in [0.4, 0.5) is 0 Å². The first-order valence-corrected chi connectivity index (χ1v) is 9.45. The zero-order valence-electron chi connectivity index (χ0n) is 16.2. The van der Waals surface area contributed by atoms with Gasteiger partial charge in [0.25, 0.3) is 0 Å². The molecule has 0 saturated carbocycles. The minimum Gasteiger partial charge on any atom is -0.475 e. The molecule has 27 heavy (non-hydrogen) atoms. The van der Waals surface area contributed by atoms with Gasteiger partial charge in [-0.1, -0.05) is 6.07 Å². The molecule has 2 aromatic rings. The van der Waals surface area contributed by atoms with E-state index in [2.05, 4.69) is 32.5 Å². The van der Waals surface area contributed by atoms with E-state index in [-0.39, 0.29) is 24.0 Å². The molecular weight excluding hydrogens is 477 g/mol. The summed E-state index contributed by atoms with van der Waals surface area (Å²) in [6.45, 7) is 9.20. The Morgan fingerprint density at radius 1 is 1.22 bits per heavy atom. The molecule has 0 bridgehead atoms. The smallest absolute Gasteiger partial charge is 0.213 e. The molecule has 2 N–H and O–H groups in total. The van der Waals surface area contributed by atoms with Crippen LogP contribution in [0.5, 0.6) is 5.88 Å². The maximum absolute atomic E-state index is 5.46. The second-order valence-corrected chi connectivity index (χ2v) is 6.93. The number of aliphatic imine (C=N–C) groups is 1. The molecule has 2 heterocycles. The van der Waals surface area contributed by atoms with Gasteiger partial charge in [-0.3, -0.25) is 0 Å². The number of aryl methyl sites for hydroxylation is 2. The van der Waals surface area contributed by atoms with Gasteiger partial charge in [0.2, 0.25) is 5.88 Å². The van der Waals surface area contributed by atoms with E-state index in [4.69, 9.17) is 9.47 Å². The molecule has 0 saturated heterocycles. The molecule has 0 unspecified atom stereocenters. The van der Waals surface area contributed by atoms with Crippen molar-refractivity contribution in [1.29, 1.82) is 0 Å². The molecule has 150 valence electrons. The van der Waals surface area contributed by atoms with Crippen LogP contribution in [0.1, 0.15) is 28.1 Å². The van der Waals surface area contributed by atoms with Gasteiger partial charge in [-0.2, -0.15) is 0 Å². The predicted molar refractivity (Wildman–Crippen MR) is 120 cm³/mol. The number of methoxy groups -OCH3 is 1. The van der Waals surface area contributed by atoms with Crippen LogP contribution in [0.15, 0.2) is 23.3 Å². The molecular formula is C18H28IN5O2S. The third-order valence-corrected chi connectivity index (χ3v) is 4.65. The van der Waals surface area contributed by atoms with Crippen molar-refractivity contribution in [1.82, 2.24) is 20.6 Å². The van der Waals surface area contributed by atoms with Crippen molar-refractivity contribution >= 4 is 41.3 Å². The highest BCUT2D eigenvalue weighted by Crippen LogP contribution is 2.16. The molecule has 2 aromatic heterocycles. The van der Waals surface area contributed by atoms with Gasteiger partial charge < -0.3 is 20.1 Å². The van der Waals surface area contributed by atoms with Crippen LogP contribution in [0, 0.1) is 13.8 Å². The summed E-state index contributed by atoms with van der Waals surface area (Å²) in [5, 5.41) is 7.63. The Balaban J connectivity index is 0.00000364. The molecule has 0 aliphatic rings. The number of pyridine rings is 1. The lowest BCUT2D eigenvalue weighted by Gasteiger charge is -2.10. The molecule has 0 amide bonds. The van der Waals surface area contributed by atoms with Crippen LogP contribution in [-0.2, 0) is 17.8 Å². The van der Waals surface area contributed by atoms with Crippen LogP contribution in [0.2, 0.25) is 0 Å². The summed E-state index contributed by atoms with van der Waals surface area (Å²) >= 11 is 1.71. The number of nitrogens with one attached hydrogen (secondary N) is 2. The number of thiazole rings is 1. The van der Waals surface area contributed by atoms with Gasteiger partial charge in [0, 0.05) is 30.8 Å². The van der Waals surface area contributed by atoms with E-state index in [1.165, 1.54) is 4.88 Å². The SMILES string of the molecule is CCNC(=NCc1ccc(OCCOC)nc1)NCc1nc(C)c(C)s1.I. The molecule has 0 aliphatic carbocycles. The van der Waals surface area contributed by atoms with Crippen LogP contribution in [0.25, 0.3) is 0 Å². The lowest BCUT2D eigenvalue weighted by Crippen LogP contribution is -2.36. The third-order valence-electron chi connectivity index (χ3n) is 3.58. The third kappa shape index (κ3) is 8.39. The highest BCUT2D eigenvalue weighted by molar-refractivity contribution is 14.0. The Bertz CT molecular complexity index is 687. The number of halogens is 1. The van der Waals surface area contributed by atoms with Gasteiger partial charge in [-0.25, -0.2) is 15.0 Å². The fourth-order valence-electron chi connectivity index (χ4n) is 2.11. The number of guanidine groups is 1. The second kappa shape index (κ2) is 12.8. The van der Waals surface area contributed by atoms with E-state index in [1.54, 1.807) is 24.6 Å². The quantitative estimate of drug-likeness (QED) is 0.236. The highest BCUT2D eigenvalue weighted by Gasteiger charge is 2.05. The van der Waals surface area contributed by atoms with Crippen LogP contribution >= 0.6 is 35.3 Å². The van der Waals surface area contributed by atoms with Gasteiger partial charge in [0.1, 0.15) is 11.6 Å². The van der Waals surface area contributed by atoms with Crippen molar-refractivity contribution < 1.29 is 9.47 Å². The zero-order chi connectivity index (χ0) is 18.8. The summed E-state index contributed by atoms with van der Waals surface area (Å²) in [5.41, 5.74) is 2.11. The minimum atomic E-state index is 0. The van der Waals surface area contributed by atoms with E-state index in [0.29, 0.717) is 32.2 Å². The van der Waals surface area contributed by atoms with Crippen molar-refractivity contribution in [3.8, 4) is 5.88 Å². The number of hydrogen-bond acceptors (Lipinski definition) is 6. The summed E-state index contributed by atoms with van der Waals surface area (Å²) in [6.07, 6.45) is 1.78. The van der Waals surface area contributed by atoms with Gasteiger partial charge in [0.15, 0.2) is 5.96 Å². The first-order chi connectivity index (χ1) is 12.6. The summed E-state index contributed by atoms with van der Waals surface area (Å²) in [7, 11) is 1.64. The highest BCUT2D eigenvalue weighted by atomic mass is 127. The monoisotopic (exact) mass is 505 g/mol. The van der Waals surface area contributed by atoms with E-state index in [1.807, 2.05) is 26.0 Å². The number of aromatic nitrogens is 2. The molecule has 0 aromatic carbocycles. The molecule has 2 rings (SSSR count). The number of rotatable bonds is 9. The zero-order valence-corrected chi connectivity index (χ0v) is 19.4. The van der Waals surface area contributed by atoms with Crippen molar-refractivity contribution in [2.75, 3.05) is 26.9 Å². The van der Waals surface area contributed by atoms with Crippen LogP contribution < -0.4 is 15.4 Å². The Hall–Kier alpha value is -1.46. The summed E-state index contributed by atoms with van der Waals surface area (Å²) in [6, 6.07) is 3.82. The largest absolute Gasteiger partial charge is 0.475 e. The maximum atomic E-state index is 5.46. The van der Waals surface area contributed by atoms with Crippen molar-refractivity contribution in [2.24, 2.45) is 4.99 Å².